The van der Waals surface area contributed by atoms with Crippen LogP contribution < -0.4 is 15.6 Å². The summed E-state index contributed by atoms with van der Waals surface area (Å²) in [7, 11) is 1.59. The first-order valence-electron chi connectivity index (χ1n) is 8.29. The minimum absolute atomic E-state index is 0.138. The maximum Gasteiger partial charge on any atom is 0.267 e. The van der Waals surface area contributed by atoms with Gasteiger partial charge in [0.1, 0.15) is 12.3 Å². The predicted octanol–water partition coefficient (Wildman–Crippen LogP) is 2.84. The summed E-state index contributed by atoms with van der Waals surface area (Å²) in [6, 6.07) is 18.3. The van der Waals surface area contributed by atoms with E-state index in [9.17, 15) is 9.59 Å². The Morgan fingerprint density at radius 1 is 1.15 bits per heavy atom. The van der Waals surface area contributed by atoms with Crippen molar-refractivity contribution < 1.29 is 9.53 Å². The van der Waals surface area contributed by atoms with Crippen LogP contribution in [-0.2, 0) is 17.9 Å². The quantitative estimate of drug-likeness (QED) is 0.557. The van der Waals surface area contributed by atoms with Gasteiger partial charge in [0, 0.05) is 21.7 Å². The van der Waals surface area contributed by atoms with Crippen LogP contribution in [-0.4, -0.2) is 22.8 Å². The van der Waals surface area contributed by atoms with Crippen molar-refractivity contribution in [1.82, 2.24) is 15.1 Å². The molecule has 0 saturated heterocycles. The Morgan fingerprint density at radius 2 is 1.93 bits per heavy atom. The lowest BCUT2D eigenvalue weighted by atomic mass is 10.1. The van der Waals surface area contributed by atoms with E-state index < -0.39 is 0 Å². The van der Waals surface area contributed by atoms with Gasteiger partial charge in [0.2, 0.25) is 5.91 Å². The molecule has 3 rings (SSSR count). The van der Waals surface area contributed by atoms with E-state index in [-0.39, 0.29) is 18.0 Å². The molecule has 0 fully saturated rings. The molecule has 2 aromatic carbocycles. The number of halogens is 1. The van der Waals surface area contributed by atoms with Gasteiger partial charge in [-0.15, -0.1) is 0 Å². The topological polar surface area (TPSA) is 73.2 Å². The number of nitrogens with zero attached hydrogens (tertiary/aromatic N) is 2. The molecule has 1 aromatic heterocycles. The summed E-state index contributed by atoms with van der Waals surface area (Å²) in [5, 5.41) is 7.12. The number of benzene rings is 2. The lowest BCUT2D eigenvalue weighted by Crippen LogP contribution is -2.33. The third-order valence-electron chi connectivity index (χ3n) is 3.93. The minimum atomic E-state index is -0.328. The Labute approximate surface area is 170 Å². The molecule has 0 aliphatic rings. The van der Waals surface area contributed by atoms with Gasteiger partial charge < -0.3 is 10.1 Å². The Hall–Kier alpha value is -2.68. The summed E-state index contributed by atoms with van der Waals surface area (Å²) in [5.41, 5.74) is 2.07. The van der Waals surface area contributed by atoms with Gasteiger partial charge in [-0.2, -0.15) is 5.10 Å². The molecule has 0 aliphatic carbocycles. The summed E-state index contributed by atoms with van der Waals surface area (Å²) >= 11 is 2.23. The molecule has 0 bridgehead atoms. The second-order valence-corrected chi connectivity index (χ2v) is 7.10. The number of ether oxygens (including phenoxy) is 1. The highest BCUT2D eigenvalue weighted by atomic mass is 127. The van der Waals surface area contributed by atoms with Crippen LogP contribution in [0, 0.1) is 3.57 Å². The lowest BCUT2D eigenvalue weighted by molar-refractivity contribution is -0.122. The standard InChI is InChI=1S/C20H18IN3O3/c1-27-17-4-2-3-15(11-17)18-9-10-20(26)24(23-18)13-19(25)22-12-14-5-7-16(21)8-6-14/h2-11H,12-13H2,1H3,(H,22,25). The van der Waals surface area contributed by atoms with Crippen molar-refractivity contribution in [3.05, 3.63) is 80.2 Å². The average molecular weight is 475 g/mol. The number of carbonyl (C=O) groups is 1. The number of amides is 1. The molecule has 3 aromatic rings. The third-order valence-corrected chi connectivity index (χ3v) is 4.65. The van der Waals surface area contributed by atoms with Gasteiger partial charge in [0.25, 0.3) is 5.56 Å². The lowest BCUT2D eigenvalue weighted by Gasteiger charge is -2.09. The second kappa shape index (κ2) is 8.81. The number of methoxy groups -OCH3 is 1. The van der Waals surface area contributed by atoms with Gasteiger partial charge in [-0.25, -0.2) is 4.68 Å². The first kappa shape index (κ1) is 19.1. The van der Waals surface area contributed by atoms with Crippen LogP contribution in [0.2, 0.25) is 0 Å². The smallest absolute Gasteiger partial charge is 0.267 e. The summed E-state index contributed by atoms with van der Waals surface area (Å²) in [4.78, 5) is 24.3. The summed E-state index contributed by atoms with van der Waals surface area (Å²) in [5.74, 6) is 0.424. The van der Waals surface area contributed by atoms with Crippen LogP contribution in [0.25, 0.3) is 11.3 Å². The van der Waals surface area contributed by atoms with Crippen LogP contribution in [0.1, 0.15) is 5.56 Å². The van der Waals surface area contributed by atoms with Crippen LogP contribution in [0.5, 0.6) is 5.75 Å². The fourth-order valence-corrected chi connectivity index (χ4v) is 2.85. The molecule has 0 unspecified atom stereocenters. The Balaban J connectivity index is 1.71. The predicted molar refractivity (Wildman–Crippen MR) is 111 cm³/mol. The van der Waals surface area contributed by atoms with Gasteiger partial charge in [0.15, 0.2) is 0 Å². The van der Waals surface area contributed by atoms with Crippen LogP contribution in [0.4, 0.5) is 0 Å². The molecule has 138 valence electrons. The van der Waals surface area contributed by atoms with Crippen molar-refractivity contribution in [1.29, 1.82) is 0 Å². The Bertz CT molecular complexity index is 1000. The fraction of sp³-hybridized carbons (Fsp3) is 0.150. The van der Waals surface area contributed by atoms with Crippen molar-refractivity contribution >= 4 is 28.5 Å². The van der Waals surface area contributed by atoms with E-state index in [1.54, 1.807) is 13.2 Å². The number of rotatable bonds is 6. The van der Waals surface area contributed by atoms with Crippen LogP contribution in [0.3, 0.4) is 0 Å². The van der Waals surface area contributed by atoms with E-state index >= 15 is 0 Å². The van der Waals surface area contributed by atoms with E-state index in [0.717, 1.165) is 19.4 Å². The van der Waals surface area contributed by atoms with E-state index in [0.29, 0.717) is 18.0 Å². The molecule has 0 atom stereocenters. The largest absolute Gasteiger partial charge is 0.497 e. The Kier molecular flexibility index (Phi) is 6.23. The molecule has 27 heavy (non-hydrogen) atoms. The number of carbonyl (C=O) groups excluding carboxylic acids is 1. The van der Waals surface area contributed by atoms with Crippen molar-refractivity contribution in [2.75, 3.05) is 7.11 Å². The van der Waals surface area contributed by atoms with Gasteiger partial charge in [0.05, 0.1) is 12.8 Å². The third kappa shape index (κ3) is 5.16. The van der Waals surface area contributed by atoms with Gasteiger partial charge in [-0.05, 0) is 58.5 Å². The second-order valence-electron chi connectivity index (χ2n) is 5.85. The number of hydrogen-bond acceptors (Lipinski definition) is 4. The molecule has 1 heterocycles. The molecular formula is C20H18IN3O3. The van der Waals surface area contributed by atoms with Crippen molar-refractivity contribution in [2.24, 2.45) is 0 Å². The number of aromatic nitrogens is 2. The zero-order chi connectivity index (χ0) is 19.2. The minimum Gasteiger partial charge on any atom is -0.497 e. The van der Waals surface area contributed by atoms with E-state index in [1.807, 2.05) is 48.5 Å². The van der Waals surface area contributed by atoms with Crippen molar-refractivity contribution in [2.45, 2.75) is 13.1 Å². The SMILES string of the molecule is COc1cccc(-c2ccc(=O)n(CC(=O)NCc3ccc(I)cc3)n2)c1. The van der Waals surface area contributed by atoms with Gasteiger partial charge in [-0.3, -0.25) is 9.59 Å². The molecule has 7 heteroatoms. The number of nitrogens with one attached hydrogen (secondary N) is 1. The zero-order valence-electron chi connectivity index (χ0n) is 14.7. The highest BCUT2D eigenvalue weighted by Crippen LogP contribution is 2.21. The summed E-state index contributed by atoms with van der Waals surface area (Å²) in [6.45, 7) is 0.265. The molecule has 1 N–H and O–H groups in total. The van der Waals surface area contributed by atoms with E-state index in [4.69, 9.17) is 4.74 Å². The first-order valence-corrected chi connectivity index (χ1v) is 9.37. The highest BCUT2D eigenvalue weighted by molar-refractivity contribution is 14.1. The monoisotopic (exact) mass is 475 g/mol. The molecule has 0 spiro atoms. The number of hydrogen-bond donors (Lipinski definition) is 1. The van der Waals surface area contributed by atoms with E-state index in [1.165, 1.54) is 6.07 Å². The van der Waals surface area contributed by atoms with Crippen molar-refractivity contribution in [3.63, 3.8) is 0 Å². The summed E-state index contributed by atoms with van der Waals surface area (Å²) < 4.78 is 7.51. The van der Waals surface area contributed by atoms with Crippen molar-refractivity contribution in [3.8, 4) is 17.0 Å². The zero-order valence-corrected chi connectivity index (χ0v) is 16.8. The molecular weight excluding hydrogens is 457 g/mol. The molecule has 0 saturated carbocycles. The molecule has 0 aliphatic heterocycles. The Morgan fingerprint density at radius 3 is 2.67 bits per heavy atom. The normalized spacial score (nSPS) is 10.4. The van der Waals surface area contributed by atoms with Crippen LogP contribution in [0.15, 0.2) is 65.5 Å². The van der Waals surface area contributed by atoms with Gasteiger partial charge in [-0.1, -0.05) is 24.3 Å². The van der Waals surface area contributed by atoms with Gasteiger partial charge >= 0.3 is 0 Å². The molecule has 0 radical (unpaired) electrons. The first-order chi connectivity index (χ1) is 13.0. The maximum absolute atomic E-state index is 12.2. The maximum atomic E-state index is 12.2. The summed E-state index contributed by atoms with van der Waals surface area (Å²) in [6.07, 6.45) is 0. The average Bonchev–Trinajstić information content (AvgIpc) is 2.69. The highest BCUT2D eigenvalue weighted by Gasteiger charge is 2.09. The van der Waals surface area contributed by atoms with Crippen LogP contribution >= 0.6 is 22.6 Å². The molecule has 1 amide bonds. The fourth-order valence-electron chi connectivity index (χ4n) is 2.49. The van der Waals surface area contributed by atoms with E-state index in [2.05, 4.69) is 33.0 Å². The molecule has 6 nitrogen and oxygen atoms in total.